The second-order valence-electron chi connectivity index (χ2n) is 4.40. The number of aryl methyl sites for hydroxylation is 1. The number of likely N-dealkylation sites (tertiary alicyclic amines) is 1. The molecule has 16 heavy (non-hydrogen) atoms. The van der Waals surface area contributed by atoms with Crippen molar-refractivity contribution in [2.45, 2.75) is 25.8 Å². The third kappa shape index (κ3) is 2.85. The summed E-state index contributed by atoms with van der Waals surface area (Å²) in [6.45, 7) is 4.56. The van der Waals surface area contributed by atoms with Crippen LogP contribution in [0.15, 0.2) is 23.3 Å². The van der Waals surface area contributed by atoms with E-state index in [-0.39, 0.29) is 5.43 Å². The van der Waals surface area contributed by atoms with Crippen molar-refractivity contribution in [1.82, 2.24) is 9.47 Å². The van der Waals surface area contributed by atoms with Crippen molar-refractivity contribution in [2.75, 3.05) is 25.4 Å². The van der Waals surface area contributed by atoms with Crippen LogP contribution < -0.4 is 11.2 Å². The van der Waals surface area contributed by atoms with Crippen molar-refractivity contribution in [3.05, 3.63) is 28.7 Å². The van der Waals surface area contributed by atoms with Gasteiger partial charge < -0.3 is 15.2 Å². The molecule has 0 atom stereocenters. The molecule has 0 spiro atoms. The molecule has 4 nitrogen and oxygen atoms in total. The first-order valence-corrected chi connectivity index (χ1v) is 5.93. The summed E-state index contributed by atoms with van der Waals surface area (Å²) in [5.41, 5.74) is 5.82. The summed E-state index contributed by atoms with van der Waals surface area (Å²) in [4.78, 5) is 13.6. The standard InChI is InChI=1S/C12H19N3O/c13-11-10-15(9-4-12(11)16)8-3-7-14-5-1-2-6-14/h4,9-10H,1-3,5-8,13H2. The largest absolute Gasteiger partial charge is 0.394 e. The predicted molar refractivity (Wildman–Crippen MR) is 65.4 cm³/mol. The van der Waals surface area contributed by atoms with Gasteiger partial charge in [0.2, 0.25) is 5.43 Å². The Morgan fingerprint density at radius 1 is 1.25 bits per heavy atom. The van der Waals surface area contributed by atoms with Crippen LogP contribution in [0.1, 0.15) is 19.3 Å². The van der Waals surface area contributed by atoms with E-state index in [1.807, 2.05) is 10.8 Å². The van der Waals surface area contributed by atoms with Gasteiger partial charge in [-0.25, -0.2) is 0 Å². The van der Waals surface area contributed by atoms with Crippen LogP contribution in [-0.2, 0) is 6.54 Å². The van der Waals surface area contributed by atoms with Crippen molar-refractivity contribution in [3.63, 3.8) is 0 Å². The fourth-order valence-corrected chi connectivity index (χ4v) is 2.17. The zero-order valence-electron chi connectivity index (χ0n) is 9.56. The molecule has 0 unspecified atom stereocenters. The normalized spacial score (nSPS) is 16.8. The minimum absolute atomic E-state index is 0.0872. The molecule has 1 aromatic heterocycles. The van der Waals surface area contributed by atoms with Crippen LogP contribution in [0, 0.1) is 0 Å². The SMILES string of the molecule is Nc1cn(CCCN2CCCC2)ccc1=O. The Morgan fingerprint density at radius 2 is 2.00 bits per heavy atom. The van der Waals surface area contributed by atoms with Crippen molar-refractivity contribution in [1.29, 1.82) is 0 Å². The molecule has 0 aliphatic carbocycles. The van der Waals surface area contributed by atoms with E-state index in [1.54, 1.807) is 6.20 Å². The van der Waals surface area contributed by atoms with Gasteiger partial charge in [0, 0.05) is 25.0 Å². The molecule has 4 heteroatoms. The summed E-state index contributed by atoms with van der Waals surface area (Å²) in [6, 6.07) is 1.53. The van der Waals surface area contributed by atoms with Gasteiger partial charge in [-0.05, 0) is 38.9 Å². The van der Waals surface area contributed by atoms with Gasteiger partial charge in [-0.2, -0.15) is 0 Å². The highest BCUT2D eigenvalue weighted by molar-refractivity contribution is 5.33. The Morgan fingerprint density at radius 3 is 2.69 bits per heavy atom. The Balaban J connectivity index is 1.80. The van der Waals surface area contributed by atoms with E-state index < -0.39 is 0 Å². The lowest BCUT2D eigenvalue weighted by Crippen LogP contribution is -2.21. The molecule has 88 valence electrons. The van der Waals surface area contributed by atoms with Gasteiger partial charge in [0.1, 0.15) is 0 Å². The van der Waals surface area contributed by atoms with Crippen LogP contribution >= 0.6 is 0 Å². The van der Waals surface area contributed by atoms with Crippen LogP contribution in [0.3, 0.4) is 0 Å². The zero-order chi connectivity index (χ0) is 11.4. The molecule has 0 saturated carbocycles. The predicted octanol–water partition coefficient (Wildman–Crippen LogP) is 0.916. The fraction of sp³-hybridized carbons (Fsp3) is 0.583. The number of anilines is 1. The molecule has 2 N–H and O–H groups in total. The van der Waals surface area contributed by atoms with E-state index >= 15 is 0 Å². The monoisotopic (exact) mass is 221 g/mol. The number of aromatic nitrogens is 1. The molecule has 1 fully saturated rings. The summed E-state index contributed by atoms with van der Waals surface area (Å²) in [6.07, 6.45) is 7.33. The molecular formula is C12H19N3O. The molecule has 1 aliphatic rings. The molecule has 0 aromatic carbocycles. The highest BCUT2D eigenvalue weighted by Gasteiger charge is 2.10. The summed E-state index contributed by atoms with van der Waals surface area (Å²) >= 11 is 0. The quantitative estimate of drug-likeness (QED) is 0.822. The lowest BCUT2D eigenvalue weighted by atomic mass is 10.3. The second kappa shape index (κ2) is 5.16. The van der Waals surface area contributed by atoms with Gasteiger partial charge in [-0.3, -0.25) is 4.79 Å². The minimum Gasteiger partial charge on any atom is -0.394 e. The third-order valence-corrected chi connectivity index (χ3v) is 3.10. The van der Waals surface area contributed by atoms with Crippen LogP contribution in [0.2, 0.25) is 0 Å². The highest BCUT2D eigenvalue weighted by atomic mass is 16.1. The number of pyridine rings is 1. The molecule has 2 rings (SSSR count). The maximum absolute atomic E-state index is 11.1. The summed E-state index contributed by atoms with van der Waals surface area (Å²) in [5, 5.41) is 0. The molecular weight excluding hydrogens is 202 g/mol. The molecule has 2 heterocycles. The van der Waals surface area contributed by atoms with Gasteiger partial charge >= 0.3 is 0 Å². The topological polar surface area (TPSA) is 51.3 Å². The number of nitrogens with zero attached hydrogens (tertiary/aromatic N) is 2. The minimum atomic E-state index is -0.0872. The van der Waals surface area contributed by atoms with Crippen LogP contribution in [0.5, 0.6) is 0 Å². The van der Waals surface area contributed by atoms with E-state index in [9.17, 15) is 4.79 Å². The number of nitrogen functional groups attached to an aromatic ring is 1. The van der Waals surface area contributed by atoms with E-state index in [0.29, 0.717) is 5.69 Å². The summed E-state index contributed by atoms with van der Waals surface area (Å²) in [7, 11) is 0. The Labute approximate surface area is 95.7 Å². The highest BCUT2D eigenvalue weighted by Crippen LogP contribution is 2.07. The first-order valence-electron chi connectivity index (χ1n) is 5.93. The lowest BCUT2D eigenvalue weighted by molar-refractivity contribution is 0.325. The Kier molecular flexibility index (Phi) is 3.62. The second-order valence-corrected chi connectivity index (χ2v) is 4.40. The Hall–Kier alpha value is -1.29. The van der Waals surface area contributed by atoms with Gasteiger partial charge in [-0.15, -0.1) is 0 Å². The van der Waals surface area contributed by atoms with E-state index in [1.165, 1.54) is 32.0 Å². The van der Waals surface area contributed by atoms with Gasteiger partial charge in [0.05, 0.1) is 5.69 Å². The third-order valence-electron chi connectivity index (χ3n) is 3.10. The molecule has 0 bridgehead atoms. The van der Waals surface area contributed by atoms with Gasteiger partial charge in [-0.1, -0.05) is 0 Å². The van der Waals surface area contributed by atoms with E-state index in [2.05, 4.69) is 4.90 Å². The first kappa shape index (κ1) is 11.2. The molecule has 1 aliphatic heterocycles. The van der Waals surface area contributed by atoms with Crippen molar-refractivity contribution in [3.8, 4) is 0 Å². The molecule has 0 amide bonds. The van der Waals surface area contributed by atoms with Crippen molar-refractivity contribution < 1.29 is 0 Å². The van der Waals surface area contributed by atoms with E-state index in [0.717, 1.165) is 19.5 Å². The smallest absolute Gasteiger partial charge is 0.204 e. The maximum atomic E-state index is 11.1. The number of hydrogen-bond donors (Lipinski definition) is 1. The average Bonchev–Trinajstić information content (AvgIpc) is 2.76. The number of nitrogens with two attached hydrogens (primary N) is 1. The number of hydrogen-bond acceptors (Lipinski definition) is 3. The van der Waals surface area contributed by atoms with Crippen LogP contribution in [0.4, 0.5) is 5.69 Å². The first-order chi connectivity index (χ1) is 7.75. The average molecular weight is 221 g/mol. The summed E-state index contributed by atoms with van der Waals surface area (Å²) in [5.74, 6) is 0. The molecule has 0 radical (unpaired) electrons. The lowest BCUT2D eigenvalue weighted by Gasteiger charge is -2.14. The van der Waals surface area contributed by atoms with Crippen LogP contribution in [0.25, 0.3) is 0 Å². The molecule has 1 saturated heterocycles. The van der Waals surface area contributed by atoms with Gasteiger partial charge in [0.25, 0.3) is 0 Å². The van der Waals surface area contributed by atoms with Crippen LogP contribution in [-0.4, -0.2) is 29.1 Å². The van der Waals surface area contributed by atoms with E-state index in [4.69, 9.17) is 5.73 Å². The summed E-state index contributed by atoms with van der Waals surface area (Å²) < 4.78 is 1.99. The maximum Gasteiger partial charge on any atom is 0.204 e. The van der Waals surface area contributed by atoms with Crippen molar-refractivity contribution >= 4 is 5.69 Å². The van der Waals surface area contributed by atoms with Crippen molar-refractivity contribution in [2.24, 2.45) is 0 Å². The number of rotatable bonds is 4. The Bertz CT molecular complexity index is 393. The molecule has 1 aromatic rings. The zero-order valence-corrected chi connectivity index (χ0v) is 9.56. The fourth-order valence-electron chi connectivity index (χ4n) is 2.17. The van der Waals surface area contributed by atoms with Gasteiger partial charge in [0.15, 0.2) is 0 Å².